The lowest BCUT2D eigenvalue weighted by atomic mass is 9.79. The predicted molar refractivity (Wildman–Crippen MR) is 47.8 cm³/mol. The van der Waals surface area contributed by atoms with Crippen LogP contribution >= 0.6 is 0 Å². The van der Waals surface area contributed by atoms with E-state index in [1.807, 2.05) is 6.92 Å². The molecule has 0 aromatic heterocycles. The Labute approximate surface area is 74.0 Å². The van der Waals surface area contributed by atoms with Gasteiger partial charge in [-0.3, -0.25) is 0 Å². The van der Waals surface area contributed by atoms with Crippen molar-refractivity contribution in [3.8, 4) is 0 Å². The molecule has 0 saturated heterocycles. The highest BCUT2D eigenvalue weighted by molar-refractivity contribution is 4.75. The first-order valence-corrected chi connectivity index (χ1v) is 4.44. The number of rotatable bonds is 6. The molecule has 0 aromatic carbocycles. The third-order valence-electron chi connectivity index (χ3n) is 2.22. The van der Waals surface area contributed by atoms with Crippen LogP contribution in [0.3, 0.4) is 0 Å². The van der Waals surface area contributed by atoms with Crippen LogP contribution in [0.15, 0.2) is 0 Å². The summed E-state index contributed by atoms with van der Waals surface area (Å²) in [5.74, 6) is 0. The van der Waals surface area contributed by atoms with Gasteiger partial charge in [0.2, 0.25) is 0 Å². The summed E-state index contributed by atoms with van der Waals surface area (Å²) in [5, 5.41) is 26.7. The normalized spacial score (nSPS) is 14.8. The molecule has 1 unspecified atom stereocenters. The summed E-state index contributed by atoms with van der Waals surface area (Å²) in [6.07, 6.45) is 1.54. The van der Waals surface area contributed by atoms with E-state index >= 15 is 0 Å². The first-order valence-electron chi connectivity index (χ1n) is 4.44. The van der Waals surface area contributed by atoms with Crippen LogP contribution in [-0.2, 0) is 0 Å². The maximum atomic E-state index is 9.18. The van der Waals surface area contributed by atoms with Crippen molar-refractivity contribution < 1.29 is 15.3 Å². The van der Waals surface area contributed by atoms with Crippen molar-refractivity contribution in [3.63, 3.8) is 0 Å². The minimum Gasteiger partial charge on any atom is -0.396 e. The maximum absolute atomic E-state index is 9.18. The van der Waals surface area contributed by atoms with Crippen LogP contribution in [0, 0.1) is 5.41 Å². The smallest absolute Gasteiger partial charge is 0.0517 e. The molecule has 0 radical (unpaired) electrons. The fraction of sp³-hybridized carbons (Fsp3) is 1.00. The van der Waals surface area contributed by atoms with E-state index in [1.165, 1.54) is 0 Å². The van der Waals surface area contributed by atoms with Gasteiger partial charge in [0.05, 0.1) is 6.10 Å². The van der Waals surface area contributed by atoms with Crippen molar-refractivity contribution >= 4 is 0 Å². The van der Waals surface area contributed by atoms with Gasteiger partial charge in [0, 0.05) is 13.2 Å². The van der Waals surface area contributed by atoms with Crippen LogP contribution < -0.4 is 0 Å². The Kier molecular flexibility index (Phi) is 5.46. The first-order chi connectivity index (χ1) is 5.54. The van der Waals surface area contributed by atoms with Gasteiger partial charge in [0.15, 0.2) is 0 Å². The van der Waals surface area contributed by atoms with Gasteiger partial charge in [-0.25, -0.2) is 0 Å². The summed E-state index contributed by atoms with van der Waals surface area (Å²) in [7, 11) is 0. The van der Waals surface area contributed by atoms with Crippen LogP contribution in [0.4, 0.5) is 0 Å². The van der Waals surface area contributed by atoms with E-state index in [9.17, 15) is 5.11 Å². The molecular formula is C9H20O3. The molecule has 74 valence electrons. The van der Waals surface area contributed by atoms with Crippen molar-refractivity contribution in [2.24, 2.45) is 5.41 Å². The standard InChI is InChI=1S/C9H20O3/c1-8(12)7-9(2,3-5-10)4-6-11/h8,10-12H,3-7H2,1-2H3. The molecular weight excluding hydrogens is 156 g/mol. The third-order valence-corrected chi connectivity index (χ3v) is 2.22. The van der Waals surface area contributed by atoms with Gasteiger partial charge in [-0.05, 0) is 31.6 Å². The summed E-state index contributed by atoms with van der Waals surface area (Å²) in [4.78, 5) is 0. The lowest BCUT2D eigenvalue weighted by molar-refractivity contribution is 0.0776. The molecule has 3 nitrogen and oxygen atoms in total. The zero-order valence-corrected chi connectivity index (χ0v) is 7.95. The lowest BCUT2D eigenvalue weighted by Gasteiger charge is -2.29. The number of hydrogen-bond donors (Lipinski definition) is 3. The molecule has 3 heteroatoms. The Hall–Kier alpha value is -0.120. The molecule has 0 heterocycles. The molecule has 0 spiro atoms. The van der Waals surface area contributed by atoms with E-state index in [-0.39, 0.29) is 24.7 Å². The second-order valence-electron chi connectivity index (χ2n) is 3.81. The lowest BCUT2D eigenvalue weighted by Crippen LogP contribution is -2.24. The minimum absolute atomic E-state index is 0.114. The Morgan fingerprint density at radius 2 is 1.58 bits per heavy atom. The molecule has 0 aliphatic heterocycles. The average molecular weight is 176 g/mol. The van der Waals surface area contributed by atoms with E-state index < -0.39 is 0 Å². The monoisotopic (exact) mass is 176 g/mol. The van der Waals surface area contributed by atoms with Crippen LogP contribution in [0.2, 0.25) is 0 Å². The molecule has 12 heavy (non-hydrogen) atoms. The fourth-order valence-electron chi connectivity index (χ4n) is 1.58. The molecule has 0 aromatic rings. The Morgan fingerprint density at radius 3 is 1.83 bits per heavy atom. The van der Waals surface area contributed by atoms with Crippen LogP contribution in [0.25, 0.3) is 0 Å². The van der Waals surface area contributed by atoms with Crippen LogP contribution in [0.1, 0.15) is 33.1 Å². The van der Waals surface area contributed by atoms with Gasteiger partial charge in [0.1, 0.15) is 0 Å². The second-order valence-corrected chi connectivity index (χ2v) is 3.81. The number of aliphatic hydroxyl groups is 3. The zero-order chi connectivity index (χ0) is 9.61. The Morgan fingerprint density at radius 1 is 1.17 bits per heavy atom. The minimum atomic E-state index is -0.368. The molecule has 0 saturated carbocycles. The molecule has 0 amide bonds. The molecule has 1 atom stereocenters. The van der Waals surface area contributed by atoms with Crippen molar-refractivity contribution in [3.05, 3.63) is 0 Å². The predicted octanol–water partition coefficient (Wildman–Crippen LogP) is 0.528. The van der Waals surface area contributed by atoms with Gasteiger partial charge in [-0.15, -0.1) is 0 Å². The zero-order valence-electron chi connectivity index (χ0n) is 7.95. The first kappa shape index (κ1) is 11.9. The summed E-state index contributed by atoms with van der Waals surface area (Å²) in [6, 6.07) is 0. The Bertz CT molecular complexity index is 106. The quantitative estimate of drug-likeness (QED) is 0.553. The molecule has 0 bridgehead atoms. The van der Waals surface area contributed by atoms with Crippen molar-refractivity contribution in [2.75, 3.05) is 13.2 Å². The molecule has 0 aliphatic rings. The van der Waals surface area contributed by atoms with Gasteiger partial charge < -0.3 is 15.3 Å². The van der Waals surface area contributed by atoms with Crippen LogP contribution in [0.5, 0.6) is 0 Å². The number of hydrogen-bond acceptors (Lipinski definition) is 3. The van der Waals surface area contributed by atoms with E-state index in [0.29, 0.717) is 19.3 Å². The van der Waals surface area contributed by atoms with Crippen molar-refractivity contribution in [2.45, 2.75) is 39.2 Å². The summed E-state index contributed by atoms with van der Waals surface area (Å²) < 4.78 is 0. The topological polar surface area (TPSA) is 60.7 Å². The van der Waals surface area contributed by atoms with E-state index in [4.69, 9.17) is 10.2 Å². The molecule has 0 aliphatic carbocycles. The van der Waals surface area contributed by atoms with Crippen LogP contribution in [-0.4, -0.2) is 34.6 Å². The summed E-state index contributed by atoms with van der Waals surface area (Å²) >= 11 is 0. The largest absolute Gasteiger partial charge is 0.396 e. The van der Waals surface area contributed by atoms with Gasteiger partial charge >= 0.3 is 0 Å². The Balaban J connectivity index is 3.98. The fourth-order valence-corrected chi connectivity index (χ4v) is 1.58. The molecule has 3 N–H and O–H groups in total. The van der Waals surface area contributed by atoms with Gasteiger partial charge in [-0.2, -0.15) is 0 Å². The van der Waals surface area contributed by atoms with Crippen molar-refractivity contribution in [1.29, 1.82) is 0 Å². The highest BCUT2D eigenvalue weighted by Gasteiger charge is 2.24. The van der Waals surface area contributed by atoms with Gasteiger partial charge in [0.25, 0.3) is 0 Å². The highest BCUT2D eigenvalue weighted by Crippen LogP contribution is 2.30. The van der Waals surface area contributed by atoms with E-state index in [1.54, 1.807) is 6.92 Å². The summed E-state index contributed by atoms with van der Waals surface area (Å²) in [5.41, 5.74) is -0.127. The van der Waals surface area contributed by atoms with E-state index in [0.717, 1.165) is 0 Å². The highest BCUT2D eigenvalue weighted by atomic mass is 16.3. The van der Waals surface area contributed by atoms with Crippen molar-refractivity contribution in [1.82, 2.24) is 0 Å². The van der Waals surface area contributed by atoms with Gasteiger partial charge in [-0.1, -0.05) is 6.92 Å². The molecule has 0 rings (SSSR count). The SMILES string of the molecule is CC(O)CC(C)(CCO)CCO. The molecule has 0 fully saturated rings. The number of aliphatic hydroxyl groups excluding tert-OH is 3. The summed E-state index contributed by atoms with van der Waals surface area (Å²) in [6.45, 7) is 3.94. The third kappa shape index (κ3) is 4.70. The average Bonchev–Trinajstić information content (AvgIpc) is 1.85. The maximum Gasteiger partial charge on any atom is 0.0517 e. The van der Waals surface area contributed by atoms with E-state index in [2.05, 4.69) is 0 Å². The second kappa shape index (κ2) is 5.51.